The Bertz CT molecular complexity index is 981. The van der Waals surface area contributed by atoms with Gasteiger partial charge in [0.1, 0.15) is 10.3 Å². The van der Waals surface area contributed by atoms with Gasteiger partial charge < -0.3 is 5.32 Å². The number of tetrazole rings is 1. The zero-order valence-electron chi connectivity index (χ0n) is 13.9. The molecule has 0 radical (unpaired) electrons. The van der Waals surface area contributed by atoms with Gasteiger partial charge in [-0.1, -0.05) is 53.7 Å². The monoisotopic (exact) mass is 404 g/mol. The van der Waals surface area contributed by atoms with E-state index in [2.05, 4.69) is 20.8 Å². The van der Waals surface area contributed by atoms with Gasteiger partial charge in [-0.25, -0.2) is 4.68 Å². The van der Waals surface area contributed by atoms with Crippen LogP contribution in [0.15, 0.2) is 53.7 Å². The lowest BCUT2D eigenvalue weighted by molar-refractivity contribution is -0.384. The summed E-state index contributed by atoms with van der Waals surface area (Å²) in [5.74, 6) is -0.370. The standard InChI is InChI=1S/C16H13ClN6O3S/c1-22-16(19-20-21-22)27-14(10-5-3-2-4-6-10)15(24)18-11-7-8-12(17)13(9-11)23(25)26/h2-9,14H,1H3,(H,18,24)/t14-/m1/s1. The second-order valence-corrected chi connectivity index (χ2v) is 6.89. The predicted octanol–water partition coefficient (Wildman–Crippen LogP) is 3.24. The Kier molecular flexibility index (Phi) is 5.67. The molecule has 0 fully saturated rings. The number of hydrogen-bond acceptors (Lipinski definition) is 7. The van der Waals surface area contributed by atoms with Crippen LogP contribution in [0.5, 0.6) is 0 Å². The lowest BCUT2D eigenvalue weighted by Gasteiger charge is -2.16. The number of nitrogens with one attached hydrogen (secondary N) is 1. The van der Waals surface area contributed by atoms with Crippen molar-refractivity contribution in [2.45, 2.75) is 10.4 Å². The van der Waals surface area contributed by atoms with Gasteiger partial charge >= 0.3 is 0 Å². The molecule has 11 heteroatoms. The number of hydrogen-bond donors (Lipinski definition) is 1. The number of rotatable bonds is 6. The van der Waals surface area contributed by atoms with Crippen LogP contribution in [0, 0.1) is 10.1 Å². The molecular formula is C16H13ClN6O3S. The summed E-state index contributed by atoms with van der Waals surface area (Å²) in [7, 11) is 1.67. The summed E-state index contributed by atoms with van der Waals surface area (Å²) in [5, 5.41) is 24.8. The Morgan fingerprint density at radius 1 is 1.30 bits per heavy atom. The fourth-order valence-electron chi connectivity index (χ4n) is 2.27. The first-order valence-electron chi connectivity index (χ1n) is 7.64. The molecule has 0 aliphatic carbocycles. The topological polar surface area (TPSA) is 116 Å². The first-order valence-corrected chi connectivity index (χ1v) is 8.90. The number of aryl methyl sites for hydroxylation is 1. The maximum atomic E-state index is 12.9. The van der Waals surface area contributed by atoms with E-state index >= 15 is 0 Å². The van der Waals surface area contributed by atoms with Crippen LogP contribution in [0.2, 0.25) is 5.02 Å². The van der Waals surface area contributed by atoms with Crippen molar-refractivity contribution in [3.05, 3.63) is 69.2 Å². The van der Waals surface area contributed by atoms with E-state index in [0.29, 0.717) is 5.16 Å². The van der Waals surface area contributed by atoms with E-state index in [0.717, 1.165) is 5.56 Å². The quantitative estimate of drug-likeness (QED) is 0.380. The van der Waals surface area contributed by atoms with Gasteiger partial charge in [0.15, 0.2) is 0 Å². The molecule has 27 heavy (non-hydrogen) atoms. The van der Waals surface area contributed by atoms with Gasteiger partial charge in [-0.2, -0.15) is 0 Å². The van der Waals surface area contributed by atoms with Crippen molar-refractivity contribution < 1.29 is 9.72 Å². The van der Waals surface area contributed by atoms with Crippen LogP contribution in [-0.2, 0) is 11.8 Å². The molecule has 3 aromatic rings. The normalized spacial score (nSPS) is 11.8. The molecule has 1 atom stereocenters. The molecule has 3 rings (SSSR count). The van der Waals surface area contributed by atoms with Crippen LogP contribution in [0.3, 0.4) is 0 Å². The fourth-order valence-corrected chi connectivity index (χ4v) is 3.39. The van der Waals surface area contributed by atoms with E-state index in [1.807, 2.05) is 30.3 Å². The fraction of sp³-hybridized carbons (Fsp3) is 0.125. The van der Waals surface area contributed by atoms with Crippen molar-refractivity contribution in [3.8, 4) is 0 Å². The van der Waals surface area contributed by atoms with Crippen LogP contribution >= 0.6 is 23.4 Å². The molecule has 9 nitrogen and oxygen atoms in total. The Morgan fingerprint density at radius 3 is 2.67 bits per heavy atom. The molecule has 0 saturated heterocycles. The number of thioether (sulfide) groups is 1. The molecule has 0 bridgehead atoms. The van der Waals surface area contributed by atoms with Crippen molar-refractivity contribution in [2.75, 3.05) is 5.32 Å². The minimum atomic E-state index is -0.661. The highest BCUT2D eigenvalue weighted by atomic mass is 35.5. The second-order valence-electron chi connectivity index (χ2n) is 5.41. The Balaban J connectivity index is 1.88. The Hall–Kier alpha value is -2.98. The van der Waals surface area contributed by atoms with Gasteiger partial charge in [-0.05, 0) is 28.1 Å². The molecule has 1 amide bonds. The maximum absolute atomic E-state index is 12.9. The van der Waals surface area contributed by atoms with Crippen molar-refractivity contribution in [1.29, 1.82) is 0 Å². The molecule has 0 spiro atoms. The number of nitro groups is 1. The lowest BCUT2D eigenvalue weighted by Crippen LogP contribution is -2.19. The highest BCUT2D eigenvalue weighted by Gasteiger charge is 2.25. The summed E-state index contributed by atoms with van der Waals surface area (Å²) in [6, 6.07) is 13.2. The highest BCUT2D eigenvalue weighted by molar-refractivity contribution is 8.00. The minimum Gasteiger partial charge on any atom is -0.325 e. The Morgan fingerprint density at radius 2 is 2.04 bits per heavy atom. The summed E-state index contributed by atoms with van der Waals surface area (Å²) in [5.41, 5.74) is 0.732. The van der Waals surface area contributed by atoms with E-state index in [4.69, 9.17) is 11.6 Å². The summed E-state index contributed by atoms with van der Waals surface area (Å²) >= 11 is 6.99. The van der Waals surface area contributed by atoms with E-state index in [9.17, 15) is 14.9 Å². The number of halogens is 1. The summed E-state index contributed by atoms with van der Waals surface area (Å²) in [6.07, 6.45) is 0. The van der Waals surface area contributed by atoms with Crippen LogP contribution in [0.4, 0.5) is 11.4 Å². The Labute approximate surface area is 162 Å². The number of aromatic nitrogens is 4. The summed E-state index contributed by atoms with van der Waals surface area (Å²) in [4.78, 5) is 23.3. The number of carbonyl (C=O) groups is 1. The smallest absolute Gasteiger partial charge is 0.289 e. The van der Waals surface area contributed by atoms with Crippen LogP contribution in [0.25, 0.3) is 0 Å². The molecule has 0 aliphatic rings. The molecule has 1 heterocycles. The first kappa shape index (κ1) is 18.8. The van der Waals surface area contributed by atoms with Gasteiger partial charge in [-0.15, -0.1) is 5.10 Å². The summed E-state index contributed by atoms with van der Waals surface area (Å²) in [6.45, 7) is 0. The molecular weight excluding hydrogens is 392 g/mol. The largest absolute Gasteiger partial charge is 0.325 e. The number of carbonyl (C=O) groups excluding carboxylic acids is 1. The second kappa shape index (κ2) is 8.14. The van der Waals surface area contributed by atoms with Gasteiger partial charge in [0.05, 0.1) is 4.92 Å². The molecule has 1 N–H and O–H groups in total. The van der Waals surface area contributed by atoms with E-state index in [1.165, 1.54) is 34.6 Å². The van der Waals surface area contributed by atoms with Crippen LogP contribution in [0.1, 0.15) is 10.8 Å². The van der Waals surface area contributed by atoms with Gasteiger partial charge in [-0.3, -0.25) is 14.9 Å². The molecule has 0 unspecified atom stereocenters. The van der Waals surface area contributed by atoms with Crippen molar-refractivity contribution >= 4 is 40.6 Å². The maximum Gasteiger partial charge on any atom is 0.289 e. The van der Waals surface area contributed by atoms with E-state index < -0.39 is 10.2 Å². The lowest BCUT2D eigenvalue weighted by atomic mass is 10.1. The third-order valence-electron chi connectivity index (χ3n) is 3.56. The zero-order chi connectivity index (χ0) is 19.4. The highest BCUT2D eigenvalue weighted by Crippen LogP contribution is 2.35. The average Bonchev–Trinajstić information content (AvgIpc) is 3.06. The summed E-state index contributed by atoms with van der Waals surface area (Å²) < 4.78 is 1.46. The van der Waals surface area contributed by atoms with E-state index in [1.54, 1.807) is 7.05 Å². The molecule has 2 aromatic carbocycles. The van der Waals surface area contributed by atoms with Crippen molar-refractivity contribution in [2.24, 2.45) is 7.05 Å². The average molecular weight is 405 g/mol. The number of anilines is 1. The van der Waals surface area contributed by atoms with Gasteiger partial charge in [0.2, 0.25) is 11.1 Å². The number of benzene rings is 2. The number of nitro benzene ring substituents is 1. The minimum absolute atomic E-state index is 0.00265. The van der Waals surface area contributed by atoms with Crippen LogP contribution in [-0.4, -0.2) is 31.0 Å². The van der Waals surface area contributed by atoms with Crippen LogP contribution < -0.4 is 5.32 Å². The molecule has 0 aliphatic heterocycles. The first-order chi connectivity index (χ1) is 13.0. The van der Waals surface area contributed by atoms with Crippen molar-refractivity contribution in [1.82, 2.24) is 20.2 Å². The predicted molar refractivity (Wildman–Crippen MR) is 101 cm³/mol. The van der Waals surface area contributed by atoms with E-state index in [-0.39, 0.29) is 22.3 Å². The molecule has 138 valence electrons. The third-order valence-corrected chi connectivity index (χ3v) is 5.15. The third kappa shape index (κ3) is 4.41. The number of amides is 1. The van der Waals surface area contributed by atoms with Gasteiger partial charge in [0.25, 0.3) is 5.69 Å². The SMILES string of the molecule is Cn1nnnc1S[C@@H](C(=O)Nc1ccc(Cl)c([N+](=O)[O-])c1)c1ccccc1. The molecule has 1 aromatic heterocycles. The number of nitrogens with zero attached hydrogens (tertiary/aromatic N) is 5. The van der Waals surface area contributed by atoms with Gasteiger partial charge in [0, 0.05) is 18.8 Å². The molecule has 0 saturated carbocycles. The van der Waals surface area contributed by atoms with Crippen molar-refractivity contribution in [3.63, 3.8) is 0 Å². The zero-order valence-corrected chi connectivity index (χ0v) is 15.5.